The highest BCUT2D eigenvalue weighted by Gasteiger charge is 2.12. The molecule has 9 nitrogen and oxygen atoms in total. The number of aromatic nitrogens is 5. The highest BCUT2D eigenvalue weighted by Crippen LogP contribution is 2.17. The zero-order valence-electron chi connectivity index (χ0n) is 16.4. The van der Waals surface area contributed by atoms with Crippen molar-refractivity contribution in [1.29, 1.82) is 0 Å². The van der Waals surface area contributed by atoms with Crippen molar-refractivity contribution >= 4 is 5.91 Å². The number of nitrogens with zero attached hydrogens (tertiary/aromatic N) is 5. The van der Waals surface area contributed by atoms with Crippen LogP contribution in [0.1, 0.15) is 23.7 Å². The second-order valence-corrected chi connectivity index (χ2v) is 6.73. The van der Waals surface area contributed by atoms with E-state index in [-0.39, 0.29) is 12.3 Å². The first-order valence-electron chi connectivity index (χ1n) is 9.57. The van der Waals surface area contributed by atoms with Crippen molar-refractivity contribution in [2.45, 2.75) is 26.2 Å². The number of rotatable bonds is 8. The van der Waals surface area contributed by atoms with Crippen LogP contribution in [-0.4, -0.2) is 37.7 Å². The third kappa shape index (κ3) is 4.93. The molecule has 0 saturated heterocycles. The van der Waals surface area contributed by atoms with Gasteiger partial charge in [-0.25, -0.2) is 0 Å². The summed E-state index contributed by atoms with van der Waals surface area (Å²) in [7, 11) is 0. The van der Waals surface area contributed by atoms with Crippen LogP contribution < -0.4 is 5.32 Å². The third-order valence-electron chi connectivity index (χ3n) is 4.38. The van der Waals surface area contributed by atoms with Crippen LogP contribution in [-0.2, 0) is 17.6 Å². The number of nitrogens with one attached hydrogen (secondary N) is 1. The largest absolute Gasteiger partial charge is 0.356 e. The average Bonchev–Trinajstić information content (AvgIpc) is 3.43. The second-order valence-electron chi connectivity index (χ2n) is 6.73. The number of carbonyl (C=O) groups is 1. The van der Waals surface area contributed by atoms with Gasteiger partial charge >= 0.3 is 0 Å². The highest BCUT2D eigenvalue weighted by atomic mass is 16.5. The van der Waals surface area contributed by atoms with Gasteiger partial charge in [-0.05, 0) is 25.1 Å². The summed E-state index contributed by atoms with van der Waals surface area (Å²) in [6.07, 6.45) is 4.42. The quantitative estimate of drug-likeness (QED) is 0.476. The van der Waals surface area contributed by atoms with Gasteiger partial charge in [-0.1, -0.05) is 34.1 Å². The normalized spacial score (nSPS) is 10.8. The van der Waals surface area contributed by atoms with Crippen molar-refractivity contribution in [1.82, 2.24) is 30.6 Å². The molecule has 0 saturated carbocycles. The molecule has 0 aliphatic rings. The molecule has 1 amide bonds. The summed E-state index contributed by atoms with van der Waals surface area (Å²) in [5.41, 5.74) is 2.81. The Hall–Kier alpha value is -3.88. The van der Waals surface area contributed by atoms with E-state index in [0.29, 0.717) is 42.8 Å². The molecule has 30 heavy (non-hydrogen) atoms. The monoisotopic (exact) mass is 404 g/mol. The molecular weight excluding hydrogens is 384 g/mol. The van der Waals surface area contributed by atoms with E-state index in [2.05, 4.69) is 30.6 Å². The fourth-order valence-electron chi connectivity index (χ4n) is 2.85. The number of aryl methyl sites for hydroxylation is 2. The number of hydrogen-bond acceptors (Lipinski definition) is 8. The van der Waals surface area contributed by atoms with E-state index in [1.807, 2.05) is 31.2 Å². The number of pyridine rings is 1. The Bertz CT molecular complexity index is 1120. The summed E-state index contributed by atoms with van der Waals surface area (Å²) < 4.78 is 10.5. The molecule has 152 valence electrons. The minimum absolute atomic E-state index is 0.108. The van der Waals surface area contributed by atoms with Crippen molar-refractivity contribution in [2.75, 3.05) is 6.54 Å². The Kier molecular flexibility index (Phi) is 5.88. The lowest BCUT2D eigenvalue weighted by Gasteiger charge is -2.01. The summed E-state index contributed by atoms with van der Waals surface area (Å²) in [5.74, 6) is 1.81. The minimum Gasteiger partial charge on any atom is -0.356 e. The number of carbonyl (C=O) groups excluding carboxylic acids is 1. The van der Waals surface area contributed by atoms with Gasteiger partial charge in [-0.15, -0.1) is 0 Å². The van der Waals surface area contributed by atoms with E-state index in [4.69, 9.17) is 9.05 Å². The van der Waals surface area contributed by atoms with Crippen LogP contribution in [0.25, 0.3) is 22.8 Å². The van der Waals surface area contributed by atoms with Gasteiger partial charge in [0.25, 0.3) is 5.89 Å². The van der Waals surface area contributed by atoms with Gasteiger partial charge in [0.05, 0.1) is 0 Å². The van der Waals surface area contributed by atoms with Gasteiger partial charge in [0.15, 0.2) is 5.82 Å². The Balaban J connectivity index is 1.22. The van der Waals surface area contributed by atoms with Crippen molar-refractivity contribution < 1.29 is 13.8 Å². The van der Waals surface area contributed by atoms with Gasteiger partial charge in [0.1, 0.15) is 0 Å². The lowest BCUT2D eigenvalue weighted by atomic mass is 10.1. The Morgan fingerprint density at radius 1 is 1.00 bits per heavy atom. The first-order valence-corrected chi connectivity index (χ1v) is 9.57. The van der Waals surface area contributed by atoms with Crippen molar-refractivity contribution in [3.8, 4) is 22.8 Å². The van der Waals surface area contributed by atoms with Crippen LogP contribution in [0, 0.1) is 6.92 Å². The SMILES string of the molecule is Cc1cccc(-c2noc(CCC(=O)NCCc3noc(-c4ccncc4)n3)n2)c1. The molecule has 0 fully saturated rings. The van der Waals surface area contributed by atoms with Gasteiger partial charge in [0.2, 0.25) is 17.6 Å². The summed E-state index contributed by atoms with van der Waals surface area (Å²) in [5, 5.41) is 10.8. The van der Waals surface area contributed by atoms with Crippen molar-refractivity contribution in [3.63, 3.8) is 0 Å². The van der Waals surface area contributed by atoms with Crippen LogP contribution >= 0.6 is 0 Å². The van der Waals surface area contributed by atoms with Gasteiger partial charge in [0, 0.05) is 49.3 Å². The standard InChI is InChI=1S/C21H20N6O3/c1-14-3-2-4-16(13-14)20-25-19(29-27-20)6-5-18(28)23-12-9-17-24-21(30-26-17)15-7-10-22-11-8-15/h2-4,7-8,10-11,13H,5-6,9,12H2,1H3,(H,23,28). The lowest BCUT2D eigenvalue weighted by molar-refractivity contribution is -0.121. The van der Waals surface area contributed by atoms with E-state index in [9.17, 15) is 4.79 Å². The van der Waals surface area contributed by atoms with Gasteiger partial charge in [-0.3, -0.25) is 9.78 Å². The molecule has 3 aromatic heterocycles. The zero-order chi connectivity index (χ0) is 20.8. The van der Waals surface area contributed by atoms with Crippen LogP contribution in [0.2, 0.25) is 0 Å². The molecule has 0 radical (unpaired) electrons. The van der Waals surface area contributed by atoms with E-state index in [1.54, 1.807) is 24.5 Å². The maximum atomic E-state index is 12.1. The van der Waals surface area contributed by atoms with Crippen LogP contribution in [0.5, 0.6) is 0 Å². The van der Waals surface area contributed by atoms with E-state index in [0.717, 1.165) is 16.7 Å². The summed E-state index contributed by atoms with van der Waals surface area (Å²) in [6.45, 7) is 2.41. The Labute approximate surface area is 172 Å². The van der Waals surface area contributed by atoms with Crippen molar-refractivity contribution in [3.05, 3.63) is 66.1 Å². The van der Waals surface area contributed by atoms with E-state index < -0.39 is 0 Å². The van der Waals surface area contributed by atoms with Crippen LogP contribution in [0.4, 0.5) is 0 Å². The number of benzene rings is 1. The molecule has 0 atom stereocenters. The van der Waals surface area contributed by atoms with E-state index >= 15 is 0 Å². The predicted molar refractivity (Wildman–Crippen MR) is 107 cm³/mol. The molecule has 1 aromatic carbocycles. The first kappa shape index (κ1) is 19.4. The topological polar surface area (TPSA) is 120 Å². The fourth-order valence-corrected chi connectivity index (χ4v) is 2.85. The molecule has 9 heteroatoms. The van der Waals surface area contributed by atoms with E-state index in [1.165, 1.54) is 0 Å². The molecule has 0 bridgehead atoms. The maximum absolute atomic E-state index is 12.1. The predicted octanol–water partition coefficient (Wildman–Crippen LogP) is 2.78. The fraction of sp³-hybridized carbons (Fsp3) is 0.238. The Morgan fingerprint density at radius 3 is 2.70 bits per heavy atom. The van der Waals surface area contributed by atoms with Crippen LogP contribution in [0.15, 0.2) is 57.8 Å². The summed E-state index contributed by atoms with van der Waals surface area (Å²) in [4.78, 5) is 24.7. The van der Waals surface area contributed by atoms with Gasteiger partial charge < -0.3 is 14.4 Å². The number of amides is 1. The van der Waals surface area contributed by atoms with Gasteiger partial charge in [-0.2, -0.15) is 9.97 Å². The first-order chi connectivity index (χ1) is 14.7. The molecule has 4 aromatic rings. The summed E-state index contributed by atoms with van der Waals surface area (Å²) in [6, 6.07) is 11.4. The van der Waals surface area contributed by atoms with Crippen molar-refractivity contribution in [2.24, 2.45) is 0 Å². The molecule has 0 unspecified atom stereocenters. The molecule has 3 heterocycles. The smallest absolute Gasteiger partial charge is 0.258 e. The molecular formula is C21H20N6O3. The third-order valence-corrected chi connectivity index (χ3v) is 4.38. The second kappa shape index (κ2) is 9.08. The average molecular weight is 404 g/mol. The molecule has 0 aliphatic heterocycles. The molecule has 4 rings (SSSR count). The zero-order valence-corrected chi connectivity index (χ0v) is 16.4. The molecule has 0 aliphatic carbocycles. The minimum atomic E-state index is -0.108. The summed E-state index contributed by atoms with van der Waals surface area (Å²) >= 11 is 0. The van der Waals surface area contributed by atoms with Crippen LogP contribution in [0.3, 0.4) is 0 Å². The Morgan fingerprint density at radius 2 is 1.87 bits per heavy atom. The molecule has 0 spiro atoms. The molecule has 1 N–H and O–H groups in total. The highest BCUT2D eigenvalue weighted by molar-refractivity contribution is 5.76. The lowest BCUT2D eigenvalue weighted by Crippen LogP contribution is -2.26. The number of hydrogen-bond donors (Lipinski definition) is 1. The maximum Gasteiger partial charge on any atom is 0.258 e.